The van der Waals surface area contributed by atoms with Gasteiger partial charge in [0.1, 0.15) is 17.2 Å². The number of ether oxygens (including phenoxy) is 1. The van der Waals surface area contributed by atoms with Crippen LogP contribution in [0.4, 0.5) is 14.5 Å². The second-order valence-corrected chi connectivity index (χ2v) is 6.77. The molecule has 31 heavy (non-hydrogen) atoms. The summed E-state index contributed by atoms with van der Waals surface area (Å²) in [5.41, 5.74) is 1.34. The average Bonchev–Trinajstić information content (AvgIpc) is 3.19. The highest BCUT2D eigenvalue weighted by Gasteiger charge is 2.21. The SMILES string of the molecule is CC(OC(=O)c1ccc2noc(-c3ccccc3)c2c1)C(=O)Nc1ccc(F)cc1F. The quantitative estimate of drug-likeness (QED) is 0.460. The third-order valence-electron chi connectivity index (χ3n) is 4.59. The average molecular weight is 422 g/mol. The Hall–Kier alpha value is -4.07. The highest BCUT2D eigenvalue weighted by molar-refractivity contribution is 6.01. The number of fused-ring (bicyclic) bond motifs is 1. The molecule has 156 valence electrons. The van der Waals surface area contributed by atoms with Gasteiger partial charge in [0.05, 0.1) is 16.6 Å². The number of anilines is 1. The number of nitrogens with one attached hydrogen (secondary N) is 1. The minimum Gasteiger partial charge on any atom is -0.449 e. The number of benzene rings is 3. The summed E-state index contributed by atoms with van der Waals surface area (Å²) in [5, 5.41) is 6.88. The molecule has 0 bridgehead atoms. The van der Waals surface area contributed by atoms with Crippen LogP contribution in [0.25, 0.3) is 22.2 Å². The maximum Gasteiger partial charge on any atom is 0.338 e. The van der Waals surface area contributed by atoms with Crippen LogP contribution in [0.2, 0.25) is 0 Å². The first-order valence-corrected chi connectivity index (χ1v) is 9.34. The van der Waals surface area contributed by atoms with Gasteiger partial charge in [-0.25, -0.2) is 13.6 Å². The Morgan fingerprint density at radius 1 is 1.03 bits per heavy atom. The largest absolute Gasteiger partial charge is 0.449 e. The van der Waals surface area contributed by atoms with E-state index in [9.17, 15) is 18.4 Å². The summed E-state index contributed by atoms with van der Waals surface area (Å²) < 4.78 is 37.3. The second kappa shape index (κ2) is 8.35. The summed E-state index contributed by atoms with van der Waals surface area (Å²) in [4.78, 5) is 24.8. The van der Waals surface area contributed by atoms with Gasteiger partial charge >= 0.3 is 5.97 Å². The minimum atomic E-state index is -1.22. The molecule has 1 atom stereocenters. The molecule has 0 aliphatic carbocycles. The number of carbonyl (C=O) groups excluding carboxylic acids is 2. The molecule has 3 aromatic carbocycles. The molecule has 8 heteroatoms. The highest BCUT2D eigenvalue weighted by Crippen LogP contribution is 2.29. The molecule has 1 amide bonds. The van der Waals surface area contributed by atoms with E-state index in [4.69, 9.17) is 9.26 Å². The Balaban J connectivity index is 1.50. The van der Waals surface area contributed by atoms with Crippen molar-refractivity contribution >= 4 is 28.5 Å². The van der Waals surface area contributed by atoms with Gasteiger partial charge in [0.15, 0.2) is 11.9 Å². The van der Waals surface area contributed by atoms with Crippen molar-refractivity contribution in [1.29, 1.82) is 0 Å². The zero-order valence-corrected chi connectivity index (χ0v) is 16.3. The Morgan fingerprint density at radius 3 is 2.55 bits per heavy atom. The van der Waals surface area contributed by atoms with Crippen molar-refractivity contribution in [3.63, 3.8) is 0 Å². The van der Waals surface area contributed by atoms with E-state index in [1.165, 1.54) is 13.0 Å². The fourth-order valence-electron chi connectivity index (χ4n) is 2.97. The normalized spacial score (nSPS) is 11.8. The Kier molecular flexibility index (Phi) is 5.44. The second-order valence-electron chi connectivity index (χ2n) is 6.77. The van der Waals surface area contributed by atoms with Gasteiger partial charge in [-0.2, -0.15) is 0 Å². The molecule has 1 N–H and O–H groups in total. The lowest BCUT2D eigenvalue weighted by Gasteiger charge is -2.14. The van der Waals surface area contributed by atoms with Crippen molar-refractivity contribution in [1.82, 2.24) is 5.16 Å². The molecule has 4 aromatic rings. The van der Waals surface area contributed by atoms with E-state index < -0.39 is 29.6 Å². The lowest BCUT2D eigenvalue weighted by molar-refractivity contribution is -0.123. The van der Waals surface area contributed by atoms with E-state index in [1.807, 2.05) is 30.3 Å². The van der Waals surface area contributed by atoms with Crippen LogP contribution in [-0.4, -0.2) is 23.1 Å². The summed E-state index contributed by atoms with van der Waals surface area (Å²) >= 11 is 0. The molecule has 0 fully saturated rings. The Labute approximate surface area is 175 Å². The minimum absolute atomic E-state index is 0.195. The third kappa shape index (κ3) is 4.28. The van der Waals surface area contributed by atoms with Gasteiger partial charge in [0.25, 0.3) is 5.91 Å². The van der Waals surface area contributed by atoms with Gasteiger partial charge < -0.3 is 14.6 Å². The van der Waals surface area contributed by atoms with Crippen LogP contribution in [0, 0.1) is 11.6 Å². The molecule has 0 saturated carbocycles. The lowest BCUT2D eigenvalue weighted by atomic mass is 10.1. The molecule has 1 unspecified atom stereocenters. The van der Waals surface area contributed by atoms with Crippen molar-refractivity contribution < 1.29 is 27.6 Å². The molecule has 0 spiro atoms. The molecule has 1 aromatic heterocycles. The predicted octanol–water partition coefficient (Wildman–Crippen LogP) is 4.96. The number of hydrogen-bond donors (Lipinski definition) is 1. The van der Waals surface area contributed by atoms with Gasteiger partial charge in [0.2, 0.25) is 0 Å². The summed E-state index contributed by atoms with van der Waals surface area (Å²) in [7, 11) is 0. The van der Waals surface area contributed by atoms with E-state index in [-0.39, 0.29) is 11.3 Å². The van der Waals surface area contributed by atoms with Gasteiger partial charge in [-0.1, -0.05) is 35.5 Å². The number of nitrogens with zero attached hydrogens (tertiary/aromatic N) is 1. The molecule has 6 nitrogen and oxygen atoms in total. The summed E-state index contributed by atoms with van der Waals surface area (Å²) in [6.07, 6.45) is -1.22. The molecule has 0 aliphatic rings. The molecular formula is C23H16F2N2O4. The maximum atomic E-state index is 13.7. The topological polar surface area (TPSA) is 81.4 Å². The summed E-state index contributed by atoms with van der Waals surface area (Å²) in [5.74, 6) is -2.70. The first-order valence-electron chi connectivity index (χ1n) is 9.34. The lowest BCUT2D eigenvalue weighted by Crippen LogP contribution is -2.30. The van der Waals surface area contributed by atoms with Gasteiger partial charge in [-0.05, 0) is 37.3 Å². The fourth-order valence-corrected chi connectivity index (χ4v) is 2.97. The fraction of sp³-hybridized carbons (Fsp3) is 0.0870. The van der Waals surface area contributed by atoms with E-state index in [0.29, 0.717) is 22.7 Å². The first kappa shape index (κ1) is 20.2. The van der Waals surface area contributed by atoms with Crippen molar-refractivity contribution in [2.45, 2.75) is 13.0 Å². The van der Waals surface area contributed by atoms with Gasteiger partial charge in [-0.15, -0.1) is 0 Å². The van der Waals surface area contributed by atoms with Crippen molar-refractivity contribution in [2.24, 2.45) is 0 Å². The zero-order chi connectivity index (χ0) is 22.0. The van der Waals surface area contributed by atoms with Crippen LogP contribution in [0.5, 0.6) is 0 Å². The van der Waals surface area contributed by atoms with Crippen molar-refractivity contribution in [3.8, 4) is 11.3 Å². The first-order chi connectivity index (χ1) is 14.9. The van der Waals surface area contributed by atoms with Crippen molar-refractivity contribution in [3.05, 3.63) is 83.9 Å². The molecule has 0 aliphatic heterocycles. The van der Waals surface area contributed by atoms with E-state index in [2.05, 4.69) is 10.5 Å². The Morgan fingerprint density at radius 2 is 1.81 bits per heavy atom. The number of carbonyl (C=O) groups is 2. The number of halogens is 2. The van der Waals surface area contributed by atoms with E-state index >= 15 is 0 Å². The smallest absolute Gasteiger partial charge is 0.338 e. The number of rotatable bonds is 5. The predicted molar refractivity (Wildman–Crippen MR) is 109 cm³/mol. The van der Waals surface area contributed by atoms with Crippen LogP contribution in [0.1, 0.15) is 17.3 Å². The summed E-state index contributed by atoms with van der Waals surface area (Å²) in [6, 6.07) is 16.7. The highest BCUT2D eigenvalue weighted by atomic mass is 19.1. The van der Waals surface area contributed by atoms with Crippen LogP contribution in [0.3, 0.4) is 0 Å². The van der Waals surface area contributed by atoms with Gasteiger partial charge in [0, 0.05) is 11.6 Å². The maximum absolute atomic E-state index is 13.7. The van der Waals surface area contributed by atoms with Crippen LogP contribution >= 0.6 is 0 Å². The van der Waals surface area contributed by atoms with E-state index in [0.717, 1.165) is 17.7 Å². The molecule has 0 radical (unpaired) electrons. The van der Waals surface area contributed by atoms with E-state index in [1.54, 1.807) is 12.1 Å². The number of hydrogen-bond acceptors (Lipinski definition) is 5. The summed E-state index contributed by atoms with van der Waals surface area (Å²) in [6.45, 7) is 1.35. The monoisotopic (exact) mass is 422 g/mol. The number of esters is 1. The van der Waals surface area contributed by atoms with Crippen LogP contribution in [0.15, 0.2) is 71.3 Å². The molecule has 4 rings (SSSR count). The third-order valence-corrected chi connectivity index (χ3v) is 4.59. The number of aromatic nitrogens is 1. The Bertz CT molecular complexity index is 1270. The molecule has 0 saturated heterocycles. The van der Waals surface area contributed by atoms with Crippen LogP contribution < -0.4 is 5.32 Å². The molecule has 1 heterocycles. The van der Waals surface area contributed by atoms with Gasteiger partial charge in [-0.3, -0.25) is 4.79 Å². The van der Waals surface area contributed by atoms with Crippen molar-refractivity contribution in [2.75, 3.05) is 5.32 Å². The standard InChI is InChI=1S/C23H16F2N2O4/c1-13(22(28)26-20-10-8-16(24)12-18(20)25)30-23(29)15-7-9-19-17(11-15)21(31-27-19)14-5-3-2-4-6-14/h2-13H,1H3,(H,26,28). The zero-order valence-electron chi connectivity index (χ0n) is 16.3. The van der Waals surface area contributed by atoms with Crippen LogP contribution in [-0.2, 0) is 9.53 Å². The molecular weight excluding hydrogens is 406 g/mol. The number of amides is 1.